The highest BCUT2D eigenvalue weighted by molar-refractivity contribution is 7.95. The lowest BCUT2D eigenvalue weighted by Gasteiger charge is -2.27. The Morgan fingerprint density at radius 2 is 1.11 bits per heavy atom. The fraction of sp³-hybridized carbons (Fsp3) is 0.0286. The molecular formula is C35H31N5O4PS+. The normalized spacial score (nSPS) is 11.1. The number of nitro groups is 1. The molecule has 0 amide bonds. The molecule has 11 heteroatoms. The monoisotopic (exact) mass is 648 g/mol. The highest BCUT2D eigenvalue weighted by atomic mass is 32.2. The van der Waals surface area contributed by atoms with Gasteiger partial charge in [0.05, 0.1) is 16.0 Å². The minimum Gasteiger partial charge on any atom is -0.399 e. The summed E-state index contributed by atoms with van der Waals surface area (Å²) in [7, 11) is -5.64. The van der Waals surface area contributed by atoms with Crippen LogP contribution < -0.4 is 26.4 Å². The number of benzene rings is 5. The van der Waals surface area contributed by atoms with Gasteiger partial charge in [0, 0.05) is 30.2 Å². The molecule has 0 fully saturated rings. The highest BCUT2D eigenvalue weighted by Crippen LogP contribution is 2.58. The van der Waals surface area contributed by atoms with Crippen molar-refractivity contribution in [1.82, 2.24) is 9.97 Å². The number of sulfonamides is 1. The van der Waals surface area contributed by atoms with Crippen molar-refractivity contribution in [2.24, 2.45) is 0 Å². The van der Waals surface area contributed by atoms with Crippen LogP contribution in [0.5, 0.6) is 0 Å². The van der Waals surface area contributed by atoms with Crippen molar-refractivity contribution < 1.29 is 13.3 Å². The van der Waals surface area contributed by atoms with Gasteiger partial charge in [0.2, 0.25) is 5.95 Å². The summed E-state index contributed by atoms with van der Waals surface area (Å²) in [5.41, 5.74) is 7.20. The lowest BCUT2D eigenvalue weighted by atomic mass is 10.2. The molecule has 0 atom stereocenters. The van der Waals surface area contributed by atoms with E-state index in [2.05, 4.69) is 87.5 Å². The van der Waals surface area contributed by atoms with Crippen LogP contribution in [-0.2, 0) is 16.2 Å². The Bertz CT molecular complexity index is 1870. The quantitative estimate of drug-likeness (QED) is 0.0855. The minimum absolute atomic E-state index is 0.0318. The maximum absolute atomic E-state index is 11.9. The van der Waals surface area contributed by atoms with Crippen LogP contribution >= 0.6 is 7.26 Å². The highest BCUT2D eigenvalue weighted by Gasteiger charge is 2.45. The van der Waals surface area contributed by atoms with E-state index in [0.717, 1.165) is 11.7 Å². The maximum Gasteiger partial charge on any atom is 0.269 e. The Morgan fingerprint density at radius 3 is 1.54 bits per heavy atom. The average Bonchev–Trinajstić information content (AvgIpc) is 3.09. The van der Waals surface area contributed by atoms with Gasteiger partial charge in [-0.3, -0.25) is 10.1 Å². The van der Waals surface area contributed by atoms with E-state index in [1.807, 2.05) is 30.3 Å². The number of nitro benzene ring substituents is 1. The fourth-order valence-electron chi connectivity index (χ4n) is 4.94. The number of hydrogen-bond acceptors (Lipinski definition) is 7. The summed E-state index contributed by atoms with van der Waals surface area (Å²) in [4.78, 5) is 18.4. The van der Waals surface area contributed by atoms with Crippen LogP contribution in [0.1, 0.15) is 5.56 Å². The molecule has 0 spiro atoms. The molecule has 1 aromatic heterocycles. The van der Waals surface area contributed by atoms with Gasteiger partial charge in [-0.25, -0.2) is 23.1 Å². The number of nitrogen functional groups attached to an aromatic ring is 1. The predicted octanol–water partition coefficient (Wildman–Crippen LogP) is 5.95. The summed E-state index contributed by atoms with van der Waals surface area (Å²) < 4.78 is 26.0. The Morgan fingerprint density at radius 1 is 0.652 bits per heavy atom. The Balaban J connectivity index is 0.000000209. The van der Waals surface area contributed by atoms with Gasteiger partial charge in [0.15, 0.2) is 0 Å². The zero-order valence-corrected chi connectivity index (χ0v) is 26.3. The van der Waals surface area contributed by atoms with Crippen molar-refractivity contribution in [2.45, 2.75) is 11.1 Å². The van der Waals surface area contributed by atoms with E-state index in [9.17, 15) is 18.5 Å². The second kappa shape index (κ2) is 14.6. The average molecular weight is 649 g/mol. The molecule has 6 aromatic rings. The number of hydrogen-bond donors (Lipinski definition) is 2. The summed E-state index contributed by atoms with van der Waals surface area (Å²) in [5, 5.41) is 15.0. The van der Waals surface area contributed by atoms with Crippen LogP contribution in [0.3, 0.4) is 0 Å². The summed E-state index contributed by atoms with van der Waals surface area (Å²) in [6, 6.07) is 46.4. The first-order chi connectivity index (χ1) is 22.3. The standard InChI is InChI=1S/C25H21NO2P.C10H10N4O2S/c27-26(28)22-18-16-21(17-19-22)20-29(23-10-4-1-5-11-23,24-12-6-2-7-13-24)25-14-8-3-9-15-25;11-8-2-4-9(5-3-8)17(15,16)14-10-12-6-1-7-13-10/h1-19H,20H2;1-7H,11H2,(H,12,13,14)/q+1;. The fourth-order valence-corrected chi connectivity index (χ4v) is 10.1. The third kappa shape index (κ3) is 7.61. The molecule has 0 saturated heterocycles. The molecule has 1 heterocycles. The van der Waals surface area contributed by atoms with Gasteiger partial charge in [0.25, 0.3) is 15.7 Å². The van der Waals surface area contributed by atoms with Crippen LogP contribution in [-0.4, -0.2) is 23.3 Å². The topological polar surface area (TPSA) is 141 Å². The number of nitrogens with one attached hydrogen (secondary N) is 1. The van der Waals surface area contributed by atoms with Gasteiger partial charge in [-0.15, -0.1) is 0 Å². The first-order valence-electron chi connectivity index (χ1n) is 14.2. The molecule has 0 aliphatic heterocycles. The van der Waals surface area contributed by atoms with Gasteiger partial charge in [-0.2, -0.15) is 0 Å². The van der Waals surface area contributed by atoms with Gasteiger partial charge in [0.1, 0.15) is 23.2 Å². The molecule has 5 aromatic carbocycles. The summed E-state index contributed by atoms with van der Waals surface area (Å²) in [6.45, 7) is 0. The molecule has 0 unspecified atom stereocenters. The summed E-state index contributed by atoms with van der Waals surface area (Å²) in [5.74, 6) is 0.0318. The van der Waals surface area contributed by atoms with E-state index < -0.39 is 17.3 Å². The number of nitrogens with two attached hydrogens (primary N) is 1. The van der Waals surface area contributed by atoms with Crippen molar-refractivity contribution in [3.8, 4) is 0 Å². The van der Waals surface area contributed by atoms with E-state index in [1.54, 1.807) is 18.2 Å². The second-order valence-electron chi connectivity index (χ2n) is 10.1. The number of non-ortho nitro benzene ring substituents is 1. The van der Waals surface area contributed by atoms with Crippen LogP contribution in [0, 0.1) is 10.1 Å². The van der Waals surface area contributed by atoms with Gasteiger partial charge in [-0.1, -0.05) is 54.6 Å². The van der Waals surface area contributed by atoms with Gasteiger partial charge < -0.3 is 5.73 Å². The van der Waals surface area contributed by atoms with Crippen LogP contribution in [0.2, 0.25) is 0 Å². The molecule has 9 nitrogen and oxygen atoms in total. The third-order valence-corrected chi connectivity index (χ3v) is 12.9. The first kappa shape index (κ1) is 32.0. The van der Waals surface area contributed by atoms with E-state index in [1.165, 1.54) is 52.6 Å². The smallest absolute Gasteiger partial charge is 0.269 e. The predicted molar refractivity (Wildman–Crippen MR) is 186 cm³/mol. The van der Waals surface area contributed by atoms with Crippen molar-refractivity contribution in [3.05, 3.63) is 174 Å². The lowest BCUT2D eigenvalue weighted by molar-refractivity contribution is -0.384. The molecule has 0 saturated carbocycles. The third-order valence-electron chi connectivity index (χ3n) is 7.14. The van der Waals surface area contributed by atoms with E-state index in [4.69, 9.17) is 5.73 Å². The number of aromatic nitrogens is 2. The van der Waals surface area contributed by atoms with Crippen LogP contribution in [0.4, 0.5) is 17.3 Å². The van der Waals surface area contributed by atoms with E-state index in [0.29, 0.717) is 5.69 Å². The molecule has 0 bridgehead atoms. The number of rotatable bonds is 9. The molecule has 6 rings (SSSR count). The number of nitrogens with zero attached hydrogens (tertiary/aromatic N) is 3. The Kier molecular flexibility index (Phi) is 10.1. The molecule has 0 aliphatic carbocycles. The van der Waals surface area contributed by atoms with E-state index >= 15 is 0 Å². The second-order valence-corrected chi connectivity index (χ2v) is 15.3. The number of anilines is 2. The Labute approximate surface area is 268 Å². The maximum atomic E-state index is 11.9. The van der Waals surface area contributed by atoms with Crippen molar-refractivity contribution in [2.75, 3.05) is 10.5 Å². The van der Waals surface area contributed by atoms with Gasteiger partial charge in [-0.05, 0) is 84.4 Å². The molecule has 46 heavy (non-hydrogen) atoms. The van der Waals surface area contributed by atoms with E-state index in [-0.39, 0.29) is 21.5 Å². The lowest BCUT2D eigenvalue weighted by Crippen LogP contribution is -2.32. The molecular weight excluding hydrogens is 617 g/mol. The summed E-state index contributed by atoms with van der Waals surface area (Å²) in [6.07, 6.45) is 3.71. The van der Waals surface area contributed by atoms with Crippen molar-refractivity contribution in [1.29, 1.82) is 0 Å². The minimum atomic E-state index is -3.66. The van der Waals surface area contributed by atoms with Crippen LogP contribution in [0.15, 0.2) is 163 Å². The molecule has 0 radical (unpaired) electrons. The van der Waals surface area contributed by atoms with Crippen molar-refractivity contribution >= 4 is 50.5 Å². The van der Waals surface area contributed by atoms with Gasteiger partial charge >= 0.3 is 0 Å². The molecule has 0 aliphatic rings. The zero-order valence-electron chi connectivity index (χ0n) is 24.6. The van der Waals surface area contributed by atoms with Crippen molar-refractivity contribution in [3.63, 3.8) is 0 Å². The largest absolute Gasteiger partial charge is 0.399 e. The van der Waals surface area contributed by atoms with Crippen LogP contribution in [0.25, 0.3) is 0 Å². The zero-order chi connectivity index (χ0) is 32.4. The molecule has 230 valence electrons. The molecule has 3 N–H and O–H groups in total. The summed E-state index contributed by atoms with van der Waals surface area (Å²) >= 11 is 0. The SMILES string of the molecule is Nc1ccc(S(=O)(=O)Nc2ncccn2)cc1.O=[N+]([O-])c1ccc(C[P+](c2ccccc2)(c2ccccc2)c2ccccc2)cc1. The first-order valence-corrected chi connectivity index (χ1v) is 17.7. The Hall–Kier alpha value is -5.44.